The number of hydrogen-bond donors (Lipinski definition) is 2. The summed E-state index contributed by atoms with van der Waals surface area (Å²) in [6.07, 6.45) is 6.25. The molecule has 134 valence electrons. The van der Waals surface area contributed by atoms with Crippen molar-refractivity contribution in [3.63, 3.8) is 0 Å². The lowest BCUT2D eigenvalue weighted by Gasteiger charge is -2.20. The fourth-order valence-corrected chi connectivity index (χ4v) is 3.82. The Kier molecular flexibility index (Phi) is 6.26. The van der Waals surface area contributed by atoms with Gasteiger partial charge in [-0.25, -0.2) is 0 Å². The van der Waals surface area contributed by atoms with E-state index in [0.717, 1.165) is 57.1 Å². The van der Waals surface area contributed by atoms with Gasteiger partial charge in [0, 0.05) is 25.3 Å². The van der Waals surface area contributed by atoms with Gasteiger partial charge in [0.2, 0.25) is 5.91 Å². The highest BCUT2D eigenvalue weighted by Crippen LogP contribution is 2.17. The molecule has 2 aliphatic heterocycles. The van der Waals surface area contributed by atoms with E-state index in [4.69, 9.17) is 0 Å². The molecule has 2 saturated heterocycles. The van der Waals surface area contributed by atoms with Crippen LogP contribution in [0.1, 0.15) is 43.5 Å². The molecule has 2 N–H and O–H groups in total. The molecular formula is C18H31N5O. The van der Waals surface area contributed by atoms with E-state index in [2.05, 4.69) is 31.4 Å². The number of nitrogens with zero attached hydrogens (tertiary/aromatic N) is 3. The van der Waals surface area contributed by atoms with E-state index >= 15 is 0 Å². The summed E-state index contributed by atoms with van der Waals surface area (Å²) in [5, 5.41) is 10.5. The van der Waals surface area contributed by atoms with E-state index < -0.39 is 0 Å². The van der Waals surface area contributed by atoms with Crippen LogP contribution in [0.25, 0.3) is 0 Å². The van der Waals surface area contributed by atoms with Crippen LogP contribution in [0.4, 0.5) is 0 Å². The Bertz CT molecular complexity index is 521. The summed E-state index contributed by atoms with van der Waals surface area (Å²) >= 11 is 0. The number of aromatic nitrogens is 2. The van der Waals surface area contributed by atoms with Crippen LogP contribution < -0.4 is 5.32 Å². The van der Waals surface area contributed by atoms with Gasteiger partial charge in [0.15, 0.2) is 0 Å². The summed E-state index contributed by atoms with van der Waals surface area (Å²) in [4.78, 5) is 16.9. The van der Waals surface area contributed by atoms with Crippen molar-refractivity contribution in [2.75, 3.05) is 39.3 Å². The molecule has 3 heterocycles. The van der Waals surface area contributed by atoms with Crippen LogP contribution in [0.5, 0.6) is 0 Å². The van der Waals surface area contributed by atoms with E-state index in [-0.39, 0.29) is 5.91 Å². The molecule has 0 radical (unpaired) electrons. The van der Waals surface area contributed by atoms with Crippen molar-refractivity contribution in [3.05, 3.63) is 17.5 Å². The molecule has 0 bridgehead atoms. The average Bonchev–Trinajstić information content (AvgIpc) is 3.09. The van der Waals surface area contributed by atoms with Crippen LogP contribution in [0.15, 0.2) is 6.07 Å². The zero-order valence-corrected chi connectivity index (χ0v) is 14.9. The van der Waals surface area contributed by atoms with Crippen molar-refractivity contribution in [2.24, 2.45) is 5.92 Å². The highest BCUT2D eigenvalue weighted by molar-refractivity contribution is 5.78. The molecule has 0 unspecified atom stereocenters. The van der Waals surface area contributed by atoms with Crippen molar-refractivity contribution in [1.82, 2.24) is 25.3 Å². The lowest BCUT2D eigenvalue weighted by Crippen LogP contribution is -2.39. The molecular weight excluding hydrogens is 302 g/mol. The molecule has 1 aromatic rings. The number of H-pyrrole nitrogens is 1. The third-order valence-corrected chi connectivity index (χ3v) is 5.17. The van der Waals surface area contributed by atoms with Crippen molar-refractivity contribution in [2.45, 2.75) is 45.6 Å². The van der Waals surface area contributed by atoms with E-state index in [1.54, 1.807) is 0 Å². The molecule has 1 aromatic heterocycles. The van der Waals surface area contributed by atoms with Gasteiger partial charge >= 0.3 is 0 Å². The fourth-order valence-electron chi connectivity index (χ4n) is 3.82. The number of nitrogens with one attached hydrogen (secondary N) is 2. The van der Waals surface area contributed by atoms with E-state index in [9.17, 15) is 4.79 Å². The third-order valence-electron chi connectivity index (χ3n) is 5.17. The monoisotopic (exact) mass is 333 g/mol. The van der Waals surface area contributed by atoms with Crippen LogP contribution in [0, 0.1) is 12.8 Å². The summed E-state index contributed by atoms with van der Waals surface area (Å²) in [5.41, 5.74) is 2.22. The largest absolute Gasteiger partial charge is 0.355 e. The maximum absolute atomic E-state index is 12.2. The quantitative estimate of drug-likeness (QED) is 0.829. The fraction of sp³-hybridized carbons (Fsp3) is 0.778. The normalized spacial score (nSPS) is 23.3. The first-order chi connectivity index (χ1) is 11.7. The van der Waals surface area contributed by atoms with Gasteiger partial charge < -0.3 is 5.32 Å². The van der Waals surface area contributed by atoms with Crippen molar-refractivity contribution in [1.29, 1.82) is 0 Å². The molecule has 2 aliphatic rings. The third kappa shape index (κ3) is 5.31. The van der Waals surface area contributed by atoms with Gasteiger partial charge in [-0.3, -0.25) is 19.7 Å². The minimum absolute atomic E-state index is 0.193. The summed E-state index contributed by atoms with van der Waals surface area (Å²) in [7, 11) is 0. The number of rotatable bonds is 6. The molecule has 1 amide bonds. The topological polar surface area (TPSA) is 64.3 Å². The summed E-state index contributed by atoms with van der Waals surface area (Å²) in [5.74, 6) is 0.761. The number of hydrogen-bond acceptors (Lipinski definition) is 4. The summed E-state index contributed by atoms with van der Waals surface area (Å²) in [6.45, 7) is 8.62. The number of aryl methyl sites for hydroxylation is 1. The first-order valence-corrected chi connectivity index (χ1v) is 9.41. The first kappa shape index (κ1) is 17.4. The van der Waals surface area contributed by atoms with Crippen LogP contribution in [0.3, 0.4) is 0 Å². The molecule has 24 heavy (non-hydrogen) atoms. The molecule has 0 aliphatic carbocycles. The highest BCUT2D eigenvalue weighted by atomic mass is 16.2. The zero-order valence-electron chi connectivity index (χ0n) is 14.9. The Morgan fingerprint density at radius 1 is 1.25 bits per heavy atom. The summed E-state index contributed by atoms with van der Waals surface area (Å²) < 4.78 is 0. The number of carbonyl (C=O) groups excluding carboxylic acids is 1. The molecule has 0 saturated carbocycles. The molecule has 0 spiro atoms. The second kappa shape index (κ2) is 8.62. The molecule has 6 heteroatoms. The maximum atomic E-state index is 12.2. The SMILES string of the molecule is Cc1cc(CN2CC[C@H](CNC(=O)CN3CCCCCC3)C2)n[nH]1. The van der Waals surface area contributed by atoms with Gasteiger partial charge in [0.05, 0.1) is 12.2 Å². The average molecular weight is 333 g/mol. The first-order valence-electron chi connectivity index (χ1n) is 9.41. The molecule has 6 nitrogen and oxygen atoms in total. The van der Waals surface area contributed by atoms with Gasteiger partial charge in [-0.15, -0.1) is 0 Å². The van der Waals surface area contributed by atoms with Gasteiger partial charge in [0.1, 0.15) is 0 Å². The summed E-state index contributed by atoms with van der Waals surface area (Å²) in [6, 6.07) is 2.11. The number of amides is 1. The van der Waals surface area contributed by atoms with Crippen LogP contribution >= 0.6 is 0 Å². The van der Waals surface area contributed by atoms with Crippen molar-refractivity contribution >= 4 is 5.91 Å². The minimum Gasteiger partial charge on any atom is -0.355 e. The van der Waals surface area contributed by atoms with Crippen molar-refractivity contribution in [3.8, 4) is 0 Å². The molecule has 0 aromatic carbocycles. The lowest BCUT2D eigenvalue weighted by atomic mass is 10.1. The maximum Gasteiger partial charge on any atom is 0.234 e. The van der Waals surface area contributed by atoms with E-state index in [1.807, 2.05) is 6.92 Å². The van der Waals surface area contributed by atoms with Crippen LogP contribution in [-0.2, 0) is 11.3 Å². The standard InChI is InChI=1S/C18H31N5O/c1-15-10-17(21-20-15)13-23-9-6-16(12-23)11-19-18(24)14-22-7-4-2-3-5-8-22/h10,16H,2-9,11-14H2,1H3,(H,19,24)(H,20,21)/t16-/m1/s1. The van der Waals surface area contributed by atoms with Crippen LogP contribution in [-0.4, -0.2) is 65.2 Å². The Hall–Kier alpha value is -1.40. The second-order valence-electron chi connectivity index (χ2n) is 7.43. The molecule has 3 rings (SSSR count). The Morgan fingerprint density at radius 3 is 2.75 bits per heavy atom. The Balaban J connectivity index is 1.34. The van der Waals surface area contributed by atoms with E-state index in [0.29, 0.717) is 12.5 Å². The number of carbonyl (C=O) groups is 1. The number of aromatic amines is 1. The zero-order chi connectivity index (χ0) is 16.8. The Morgan fingerprint density at radius 2 is 2.04 bits per heavy atom. The lowest BCUT2D eigenvalue weighted by molar-refractivity contribution is -0.122. The minimum atomic E-state index is 0.193. The predicted octanol–water partition coefficient (Wildman–Crippen LogP) is 1.53. The smallest absolute Gasteiger partial charge is 0.234 e. The van der Waals surface area contributed by atoms with Gasteiger partial charge in [-0.05, 0) is 57.8 Å². The molecule has 2 fully saturated rings. The van der Waals surface area contributed by atoms with E-state index in [1.165, 1.54) is 25.7 Å². The predicted molar refractivity (Wildman–Crippen MR) is 94.6 cm³/mol. The molecule has 1 atom stereocenters. The van der Waals surface area contributed by atoms with Crippen molar-refractivity contribution < 1.29 is 4.79 Å². The van der Waals surface area contributed by atoms with Gasteiger partial charge in [-0.2, -0.15) is 5.10 Å². The Labute approximate surface area is 145 Å². The second-order valence-corrected chi connectivity index (χ2v) is 7.43. The number of likely N-dealkylation sites (tertiary alicyclic amines) is 2. The highest BCUT2D eigenvalue weighted by Gasteiger charge is 2.23. The van der Waals surface area contributed by atoms with Gasteiger partial charge in [-0.1, -0.05) is 12.8 Å². The van der Waals surface area contributed by atoms with Crippen LogP contribution in [0.2, 0.25) is 0 Å². The van der Waals surface area contributed by atoms with Gasteiger partial charge in [0.25, 0.3) is 0 Å².